The fraction of sp³-hybridized carbons (Fsp3) is 0.292. The quantitative estimate of drug-likeness (QED) is 0.468. The van der Waals surface area contributed by atoms with E-state index in [2.05, 4.69) is 20.3 Å². The van der Waals surface area contributed by atoms with Crippen LogP contribution in [0.25, 0.3) is 11.1 Å². The average molecular weight is 447 g/mol. The summed E-state index contributed by atoms with van der Waals surface area (Å²) in [5, 5.41) is 21.7. The molecule has 0 saturated carbocycles. The number of para-hydroxylation sites is 1. The molecule has 0 amide bonds. The average Bonchev–Trinajstić information content (AvgIpc) is 2.84. The van der Waals surface area contributed by atoms with E-state index in [1.54, 1.807) is 12.4 Å². The summed E-state index contributed by atoms with van der Waals surface area (Å²) in [6.07, 6.45) is 3.34. The standard InChI is InChI=1S/C24H26N6O3/c1-15(2)21(25)20-18(16-13-26-24(27-14-16)30-8-10-33-11-9-30)12-19(23(31)32)29-22(20)28-17-6-4-3-5-7-17/h3-7,12-15,25H,8-11H2,1-2H3,(H,28,29)(H,31,32). The Labute approximate surface area is 192 Å². The molecule has 0 aliphatic carbocycles. The third kappa shape index (κ3) is 4.98. The van der Waals surface area contributed by atoms with E-state index < -0.39 is 5.97 Å². The van der Waals surface area contributed by atoms with Gasteiger partial charge in [-0.3, -0.25) is 0 Å². The van der Waals surface area contributed by atoms with Gasteiger partial charge < -0.3 is 25.5 Å². The molecule has 2 aromatic heterocycles. The van der Waals surface area contributed by atoms with E-state index in [-0.39, 0.29) is 11.6 Å². The third-order valence-corrected chi connectivity index (χ3v) is 5.36. The number of ether oxygens (including phenoxy) is 1. The predicted octanol–water partition coefficient (Wildman–Crippen LogP) is 3.84. The maximum absolute atomic E-state index is 11.9. The number of hydrogen-bond acceptors (Lipinski definition) is 8. The number of benzene rings is 1. The number of carboxylic acid groups (broad SMARTS) is 1. The number of carboxylic acids is 1. The zero-order valence-corrected chi connectivity index (χ0v) is 18.6. The van der Waals surface area contributed by atoms with Gasteiger partial charge in [0, 0.05) is 48.0 Å². The van der Waals surface area contributed by atoms with Crippen molar-refractivity contribution in [3.8, 4) is 11.1 Å². The van der Waals surface area contributed by atoms with Crippen LogP contribution in [0.3, 0.4) is 0 Å². The zero-order chi connectivity index (χ0) is 23.4. The Balaban J connectivity index is 1.83. The van der Waals surface area contributed by atoms with Gasteiger partial charge in [0.2, 0.25) is 5.95 Å². The van der Waals surface area contributed by atoms with Crippen LogP contribution >= 0.6 is 0 Å². The molecule has 33 heavy (non-hydrogen) atoms. The van der Waals surface area contributed by atoms with Gasteiger partial charge in [0.15, 0.2) is 5.69 Å². The van der Waals surface area contributed by atoms with Crippen molar-refractivity contribution < 1.29 is 14.6 Å². The normalized spacial score (nSPS) is 13.7. The molecule has 0 spiro atoms. The SMILES string of the molecule is CC(C)C(=N)c1c(-c2cnc(N3CCOCC3)nc2)cc(C(=O)O)nc1Nc1ccccc1. The molecule has 3 N–H and O–H groups in total. The second-order valence-electron chi connectivity index (χ2n) is 8.01. The first-order valence-corrected chi connectivity index (χ1v) is 10.8. The Morgan fingerprint density at radius 2 is 1.82 bits per heavy atom. The van der Waals surface area contributed by atoms with Crippen LogP contribution in [0.15, 0.2) is 48.8 Å². The number of rotatable bonds is 7. The van der Waals surface area contributed by atoms with Gasteiger partial charge in [-0.1, -0.05) is 32.0 Å². The van der Waals surface area contributed by atoms with Gasteiger partial charge in [-0.05, 0) is 29.7 Å². The molecule has 0 bridgehead atoms. The molecule has 4 rings (SSSR count). The second-order valence-corrected chi connectivity index (χ2v) is 8.01. The number of nitrogens with zero attached hydrogens (tertiary/aromatic N) is 4. The Hall–Kier alpha value is -3.85. The smallest absolute Gasteiger partial charge is 0.354 e. The number of aromatic carboxylic acids is 1. The van der Waals surface area contributed by atoms with E-state index in [1.165, 1.54) is 6.07 Å². The number of aromatic nitrogens is 3. The van der Waals surface area contributed by atoms with Crippen molar-refractivity contribution in [1.82, 2.24) is 15.0 Å². The molecule has 170 valence electrons. The topological polar surface area (TPSA) is 124 Å². The van der Waals surface area contributed by atoms with E-state index in [0.29, 0.717) is 60.5 Å². The zero-order valence-electron chi connectivity index (χ0n) is 18.6. The van der Waals surface area contributed by atoms with Crippen LogP contribution in [0.5, 0.6) is 0 Å². The molecular weight excluding hydrogens is 420 g/mol. The van der Waals surface area contributed by atoms with Crippen molar-refractivity contribution in [2.75, 3.05) is 36.5 Å². The number of morpholine rings is 1. The van der Waals surface area contributed by atoms with E-state index in [0.717, 1.165) is 5.69 Å². The monoisotopic (exact) mass is 446 g/mol. The van der Waals surface area contributed by atoms with Gasteiger partial charge in [-0.25, -0.2) is 19.7 Å². The summed E-state index contributed by atoms with van der Waals surface area (Å²) in [5.41, 5.74) is 2.66. The molecule has 1 saturated heterocycles. The Kier molecular flexibility index (Phi) is 6.60. The van der Waals surface area contributed by atoms with Crippen molar-refractivity contribution in [3.63, 3.8) is 0 Å². The van der Waals surface area contributed by atoms with Crippen LogP contribution in [0.4, 0.5) is 17.5 Å². The van der Waals surface area contributed by atoms with Crippen LogP contribution in [0.2, 0.25) is 0 Å². The summed E-state index contributed by atoms with van der Waals surface area (Å²) in [7, 11) is 0. The lowest BCUT2D eigenvalue weighted by molar-refractivity contribution is 0.0690. The molecule has 9 heteroatoms. The minimum Gasteiger partial charge on any atom is -0.477 e. The van der Waals surface area contributed by atoms with Gasteiger partial charge in [0.1, 0.15) is 5.82 Å². The highest BCUT2D eigenvalue weighted by atomic mass is 16.5. The lowest BCUT2D eigenvalue weighted by atomic mass is 9.92. The lowest BCUT2D eigenvalue weighted by Gasteiger charge is -2.26. The maximum Gasteiger partial charge on any atom is 0.354 e. The van der Waals surface area contributed by atoms with E-state index >= 15 is 0 Å². The minimum absolute atomic E-state index is 0.105. The molecule has 9 nitrogen and oxygen atoms in total. The number of nitrogens with one attached hydrogen (secondary N) is 2. The van der Waals surface area contributed by atoms with Gasteiger partial charge in [-0.15, -0.1) is 0 Å². The first-order chi connectivity index (χ1) is 15.9. The second kappa shape index (κ2) is 9.74. The van der Waals surface area contributed by atoms with Crippen LogP contribution in [0.1, 0.15) is 29.9 Å². The number of hydrogen-bond donors (Lipinski definition) is 3. The fourth-order valence-corrected chi connectivity index (χ4v) is 3.58. The molecule has 1 aliphatic rings. The molecule has 3 aromatic rings. The van der Waals surface area contributed by atoms with Gasteiger partial charge >= 0.3 is 5.97 Å². The summed E-state index contributed by atoms with van der Waals surface area (Å²) in [6.45, 7) is 6.52. The summed E-state index contributed by atoms with van der Waals surface area (Å²) in [4.78, 5) is 27.3. The molecule has 3 heterocycles. The maximum atomic E-state index is 11.9. The first kappa shape index (κ1) is 22.3. The van der Waals surface area contributed by atoms with E-state index in [1.807, 2.05) is 49.1 Å². The highest BCUT2D eigenvalue weighted by Gasteiger charge is 2.23. The van der Waals surface area contributed by atoms with Crippen molar-refractivity contribution in [2.24, 2.45) is 5.92 Å². The Bertz CT molecular complexity index is 1140. The predicted molar refractivity (Wildman–Crippen MR) is 127 cm³/mol. The molecule has 1 fully saturated rings. The van der Waals surface area contributed by atoms with Crippen molar-refractivity contribution in [2.45, 2.75) is 13.8 Å². The van der Waals surface area contributed by atoms with Gasteiger partial charge in [0.25, 0.3) is 0 Å². The van der Waals surface area contributed by atoms with Gasteiger partial charge in [0.05, 0.1) is 13.2 Å². The molecule has 0 radical (unpaired) electrons. The number of pyridine rings is 1. The van der Waals surface area contributed by atoms with Crippen LogP contribution < -0.4 is 10.2 Å². The highest BCUT2D eigenvalue weighted by Crippen LogP contribution is 2.33. The third-order valence-electron chi connectivity index (χ3n) is 5.36. The summed E-state index contributed by atoms with van der Waals surface area (Å²) in [5.74, 6) is -0.350. The Morgan fingerprint density at radius 1 is 1.15 bits per heavy atom. The number of anilines is 3. The summed E-state index contributed by atoms with van der Waals surface area (Å²) >= 11 is 0. The molecule has 1 aromatic carbocycles. The first-order valence-electron chi connectivity index (χ1n) is 10.8. The van der Waals surface area contributed by atoms with Crippen molar-refractivity contribution in [3.05, 3.63) is 60.0 Å². The molecule has 0 unspecified atom stereocenters. The lowest BCUT2D eigenvalue weighted by Crippen LogP contribution is -2.37. The fourth-order valence-electron chi connectivity index (χ4n) is 3.58. The van der Waals surface area contributed by atoms with Crippen molar-refractivity contribution >= 4 is 29.1 Å². The molecule has 0 atom stereocenters. The molecular formula is C24H26N6O3. The van der Waals surface area contributed by atoms with E-state index in [4.69, 9.17) is 10.1 Å². The van der Waals surface area contributed by atoms with Gasteiger partial charge in [-0.2, -0.15) is 0 Å². The van der Waals surface area contributed by atoms with Crippen LogP contribution in [-0.4, -0.2) is 58.0 Å². The largest absolute Gasteiger partial charge is 0.477 e. The van der Waals surface area contributed by atoms with Crippen molar-refractivity contribution in [1.29, 1.82) is 5.41 Å². The van der Waals surface area contributed by atoms with Crippen LogP contribution in [0, 0.1) is 11.3 Å². The summed E-state index contributed by atoms with van der Waals surface area (Å²) < 4.78 is 5.39. The summed E-state index contributed by atoms with van der Waals surface area (Å²) in [6, 6.07) is 10.8. The molecule has 1 aliphatic heterocycles. The Morgan fingerprint density at radius 3 is 2.42 bits per heavy atom. The van der Waals surface area contributed by atoms with Crippen LogP contribution in [-0.2, 0) is 4.74 Å². The minimum atomic E-state index is -1.15. The number of carbonyl (C=O) groups is 1. The van der Waals surface area contributed by atoms with E-state index in [9.17, 15) is 9.90 Å². The highest BCUT2D eigenvalue weighted by molar-refractivity contribution is 6.10.